The van der Waals surface area contributed by atoms with Crippen molar-refractivity contribution in [3.63, 3.8) is 0 Å². The van der Waals surface area contributed by atoms with Crippen LogP contribution in [0.4, 0.5) is 20.3 Å². The van der Waals surface area contributed by atoms with Crippen LogP contribution in [0.1, 0.15) is 23.7 Å². The number of anilines is 2. The van der Waals surface area contributed by atoms with E-state index < -0.39 is 34.3 Å². The Morgan fingerprint density at radius 1 is 1.37 bits per heavy atom. The Kier molecular flexibility index (Phi) is 6.50. The van der Waals surface area contributed by atoms with Gasteiger partial charge in [0.15, 0.2) is 22.6 Å². The lowest BCUT2D eigenvalue weighted by Gasteiger charge is -2.12. The van der Waals surface area contributed by atoms with Crippen molar-refractivity contribution in [3.05, 3.63) is 45.8 Å². The van der Waals surface area contributed by atoms with Crippen molar-refractivity contribution >= 4 is 35.1 Å². The molecule has 4 N–H and O–H groups in total. The van der Waals surface area contributed by atoms with E-state index in [1.165, 1.54) is 7.11 Å². The Bertz CT molecular complexity index is 935. The van der Waals surface area contributed by atoms with Gasteiger partial charge in [0.2, 0.25) is 0 Å². The zero-order valence-corrected chi connectivity index (χ0v) is 15.2. The van der Waals surface area contributed by atoms with Crippen LogP contribution >= 0.6 is 11.8 Å². The lowest BCUT2D eigenvalue weighted by molar-refractivity contribution is -0.140. The molecule has 0 unspecified atom stereocenters. The summed E-state index contributed by atoms with van der Waals surface area (Å²) < 4.78 is 30.8. The summed E-state index contributed by atoms with van der Waals surface area (Å²) >= 11 is 0.952. The maximum Gasteiger partial charge on any atom is 0.319 e. The SMILES string of the molecule is CC[C@@H](Sc1nc(N)c(NC(=O)c2ccc(F)c(F)c2)c(=O)[nH]1)C(=O)OC. The molecule has 1 atom stereocenters. The number of hydrogen-bond acceptors (Lipinski definition) is 7. The number of carbonyl (C=O) groups excluding carboxylic acids is 2. The molecule has 0 bridgehead atoms. The number of esters is 1. The number of aromatic amines is 1. The maximum atomic E-state index is 13.2. The summed E-state index contributed by atoms with van der Waals surface area (Å²) in [4.78, 5) is 42.3. The van der Waals surface area contributed by atoms with Crippen LogP contribution in [0.25, 0.3) is 0 Å². The number of benzene rings is 1. The van der Waals surface area contributed by atoms with E-state index in [-0.39, 0.29) is 22.2 Å². The quantitative estimate of drug-likeness (QED) is 0.385. The van der Waals surface area contributed by atoms with Gasteiger partial charge in [0, 0.05) is 5.56 Å². The summed E-state index contributed by atoms with van der Waals surface area (Å²) in [5.74, 6) is -3.96. The van der Waals surface area contributed by atoms with Gasteiger partial charge in [-0.1, -0.05) is 18.7 Å². The summed E-state index contributed by atoms with van der Waals surface area (Å²) in [7, 11) is 1.24. The molecule has 0 spiro atoms. The van der Waals surface area contributed by atoms with Gasteiger partial charge in [0.05, 0.1) is 7.11 Å². The number of ether oxygens (including phenoxy) is 1. The molecule has 0 aliphatic heterocycles. The third-order valence-corrected chi connectivity index (χ3v) is 4.66. The number of methoxy groups -OCH3 is 1. The van der Waals surface area contributed by atoms with Gasteiger partial charge in [0.1, 0.15) is 10.9 Å². The predicted molar refractivity (Wildman–Crippen MR) is 95.5 cm³/mol. The number of carbonyl (C=O) groups is 2. The molecule has 1 heterocycles. The summed E-state index contributed by atoms with van der Waals surface area (Å²) in [5.41, 5.74) is 4.40. The Morgan fingerprint density at radius 2 is 2.07 bits per heavy atom. The number of rotatable bonds is 6. The summed E-state index contributed by atoms with van der Waals surface area (Å²) in [6.07, 6.45) is 0.426. The van der Waals surface area contributed by atoms with E-state index >= 15 is 0 Å². The highest BCUT2D eigenvalue weighted by atomic mass is 32.2. The molecule has 8 nitrogen and oxygen atoms in total. The number of nitrogen functional groups attached to an aromatic ring is 1. The number of H-pyrrole nitrogens is 1. The number of nitrogens with zero attached hydrogens (tertiary/aromatic N) is 1. The molecule has 0 aliphatic carbocycles. The molecule has 0 radical (unpaired) electrons. The molecule has 11 heteroatoms. The van der Waals surface area contributed by atoms with Gasteiger partial charge in [-0.25, -0.2) is 13.8 Å². The lowest BCUT2D eigenvalue weighted by Crippen LogP contribution is -2.24. The number of thioether (sulfide) groups is 1. The second kappa shape index (κ2) is 8.62. The van der Waals surface area contributed by atoms with E-state index in [1.807, 2.05) is 0 Å². The number of nitrogens with one attached hydrogen (secondary N) is 2. The van der Waals surface area contributed by atoms with Gasteiger partial charge < -0.3 is 15.8 Å². The Hall–Kier alpha value is -2.95. The topological polar surface area (TPSA) is 127 Å². The minimum absolute atomic E-state index is 0.0700. The fourth-order valence-electron chi connectivity index (χ4n) is 2.03. The van der Waals surface area contributed by atoms with Gasteiger partial charge in [-0.2, -0.15) is 0 Å². The van der Waals surface area contributed by atoms with Gasteiger partial charge in [-0.3, -0.25) is 19.4 Å². The minimum Gasteiger partial charge on any atom is -0.468 e. The molecular formula is C16H16F2N4O4S. The van der Waals surface area contributed by atoms with Crippen LogP contribution < -0.4 is 16.6 Å². The van der Waals surface area contributed by atoms with Gasteiger partial charge in [-0.05, 0) is 24.6 Å². The lowest BCUT2D eigenvalue weighted by atomic mass is 10.2. The molecule has 1 aromatic carbocycles. The number of amides is 1. The maximum absolute atomic E-state index is 13.2. The second-order valence-corrected chi connectivity index (χ2v) is 6.44. The van der Waals surface area contributed by atoms with Crippen molar-refractivity contribution < 1.29 is 23.1 Å². The van der Waals surface area contributed by atoms with Crippen molar-refractivity contribution in [2.75, 3.05) is 18.2 Å². The number of halogens is 2. The zero-order chi connectivity index (χ0) is 20.1. The van der Waals surface area contributed by atoms with Gasteiger partial charge in [0.25, 0.3) is 11.5 Å². The van der Waals surface area contributed by atoms with Crippen LogP contribution in [-0.2, 0) is 9.53 Å². The molecule has 0 aliphatic rings. The monoisotopic (exact) mass is 398 g/mol. The first-order chi connectivity index (χ1) is 12.8. The van der Waals surface area contributed by atoms with Crippen LogP contribution in [0.5, 0.6) is 0 Å². The molecule has 0 saturated carbocycles. The number of nitrogens with two attached hydrogens (primary N) is 1. The van der Waals surface area contributed by atoms with Crippen LogP contribution in [0.2, 0.25) is 0 Å². The number of hydrogen-bond donors (Lipinski definition) is 3. The average Bonchev–Trinajstić information content (AvgIpc) is 2.64. The Balaban J connectivity index is 2.23. The molecule has 2 rings (SSSR count). The van der Waals surface area contributed by atoms with E-state index in [4.69, 9.17) is 5.73 Å². The van der Waals surface area contributed by atoms with Crippen molar-refractivity contribution in [2.24, 2.45) is 0 Å². The van der Waals surface area contributed by atoms with Crippen molar-refractivity contribution in [1.82, 2.24) is 9.97 Å². The largest absolute Gasteiger partial charge is 0.468 e. The van der Waals surface area contributed by atoms with E-state index in [2.05, 4.69) is 20.0 Å². The Morgan fingerprint density at radius 3 is 2.63 bits per heavy atom. The van der Waals surface area contributed by atoms with Crippen molar-refractivity contribution in [3.8, 4) is 0 Å². The average molecular weight is 398 g/mol. The predicted octanol–water partition coefficient (Wildman–Crippen LogP) is 1.93. The molecular weight excluding hydrogens is 382 g/mol. The Labute approximate surface area is 156 Å². The minimum atomic E-state index is -1.21. The molecule has 144 valence electrons. The normalized spacial score (nSPS) is 11.7. The van der Waals surface area contributed by atoms with Crippen molar-refractivity contribution in [2.45, 2.75) is 23.8 Å². The first-order valence-corrected chi connectivity index (χ1v) is 8.55. The first-order valence-electron chi connectivity index (χ1n) is 7.67. The zero-order valence-electron chi connectivity index (χ0n) is 14.3. The molecule has 27 heavy (non-hydrogen) atoms. The van der Waals surface area contributed by atoms with Gasteiger partial charge >= 0.3 is 5.97 Å². The first kappa shape index (κ1) is 20.4. The van der Waals surface area contributed by atoms with Gasteiger partial charge in [-0.15, -0.1) is 0 Å². The number of aromatic nitrogens is 2. The molecule has 1 amide bonds. The molecule has 1 aromatic heterocycles. The highest BCUT2D eigenvalue weighted by Crippen LogP contribution is 2.24. The molecule has 2 aromatic rings. The molecule has 0 fully saturated rings. The van der Waals surface area contributed by atoms with Crippen LogP contribution in [0.3, 0.4) is 0 Å². The van der Waals surface area contributed by atoms with E-state index in [9.17, 15) is 23.2 Å². The summed E-state index contributed by atoms with van der Waals surface area (Å²) in [5, 5.41) is 1.68. The van der Waals surface area contributed by atoms with Crippen LogP contribution in [-0.4, -0.2) is 34.2 Å². The summed E-state index contributed by atoms with van der Waals surface area (Å²) in [6.45, 7) is 1.76. The summed E-state index contributed by atoms with van der Waals surface area (Å²) in [6, 6.07) is 2.53. The van der Waals surface area contributed by atoms with E-state index in [1.54, 1.807) is 6.92 Å². The second-order valence-electron chi connectivity index (χ2n) is 5.25. The fourth-order valence-corrected chi connectivity index (χ4v) is 2.96. The third kappa shape index (κ3) is 4.82. The van der Waals surface area contributed by atoms with E-state index in [0.29, 0.717) is 12.5 Å². The van der Waals surface area contributed by atoms with Crippen molar-refractivity contribution in [1.29, 1.82) is 0 Å². The van der Waals surface area contributed by atoms with Crippen LogP contribution in [0, 0.1) is 11.6 Å². The third-order valence-electron chi connectivity index (χ3n) is 3.43. The standard InChI is InChI=1S/C16H16F2N4O4S/c1-3-10(15(25)26-2)27-16-21-12(19)11(14(24)22-16)20-13(23)7-4-5-8(17)9(18)6-7/h4-6,10H,3H2,1-2H3,(H,20,23)(H3,19,21,22,24)/t10-/m1/s1. The highest BCUT2D eigenvalue weighted by molar-refractivity contribution is 8.00. The van der Waals surface area contributed by atoms with E-state index in [0.717, 1.165) is 23.9 Å². The van der Waals surface area contributed by atoms with Crippen LogP contribution in [0.15, 0.2) is 28.2 Å². The molecule has 0 saturated heterocycles. The smallest absolute Gasteiger partial charge is 0.319 e. The fraction of sp³-hybridized carbons (Fsp3) is 0.250. The highest BCUT2D eigenvalue weighted by Gasteiger charge is 2.21.